The summed E-state index contributed by atoms with van der Waals surface area (Å²) in [6.45, 7) is 2.14. The summed E-state index contributed by atoms with van der Waals surface area (Å²) >= 11 is 0. The zero-order valence-electron chi connectivity index (χ0n) is 11.9. The van der Waals surface area contributed by atoms with Gasteiger partial charge in [-0.1, -0.05) is 32.6 Å². The number of rotatable bonds is 9. The number of nitrogens with two attached hydrogens (primary N) is 1. The van der Waals surface area contributed by atoms with Crippen molar-refractivity contribution in [2.75, 3.05) is 0 Å². The first-order valence-electron chi connectivity index (χ1n) is 7.04. The van der Waals surface area contributed by atoms with E-state index in [9.17, 15) is 9.59 Å². The Morgan fingerprint density at radius 1 is 1.25 bits per heavy atom. The van der Waals surface area contributed by atoms with Gasteiger partial charge >= 0.3 is 5.97 Å². The predicted molar refractivity (Wildman–Crippen MR) is 75.9 cm³/mol. The van der Waals surface area contributed by atoms with Gasteiger partial charge in [-0.15, -0.1) is 0 Å². The molecule has 0 aliphatic rings. The Morgan fingerprint density at radius 3 is 2.70 bits per heavy atom. The summed E-state index contributed by atoms with van der Waals surface area (Å²) in [7, 11) is 0. The van der Waals surface area contributed by atoms with Crippen molar-refractivity contribution in [1.82, 2.24) is 4.98 Å². The van der Waals surface area contributed by atoms with E-state index in [-0.39, 0.29) is 12.6 Å². The van der Waals surface area contributed by atoms with Gasteiger partial charge in [-0.05, 0) is 18.6 Å². The number of nitrogens with zero attached hydrogens (tertiary/aromatic N) is 1. The molecule has 1 aromatic rings. The monoisotopic (exact) mass is 278 g/mol. The molecule has 20 heavy (non-hydrogen) atoms. The Morgan fingerprint density at radius 2 is 2.00 bits per heavy atom. The summed E-state index contributed by atoms with van der Waals surface area (Å²) in [5, 5.41) is 0. The number of esters is 1. The number of aromatic nitrogens is 1. The normalized spacial score (nSPS) is 10.2. The van der Waals surface area contributed by atoms with E-state index in [1.807, 2.05) is 0 Å². The van der Waals surface area contributed by atoms with Crippen LogP contribution in [0.2, 0.25) is 0 Å². The number of primary amides is 1. The molecule has 1 amide bonds. The van der Waals surface area contributed by atoms with E-state index in [0.29, 0.717) is 17.7 Å². The van der Waals surface area contributed by atoms with Crippen molar-refractivity contribution < 1.29 is 14.3 Å². The quantitative estimate of drug-likeness (QED) is 0.556. The topological polar surface area (TPSA) is 82.3 Å². The van der Waals surface area contributed by atoms with Gasteiger partial charge in [0, 0.05) is 12.6 Å². The Balaban J connectivity index is 2.32. The Labute approximate surface area is 119 Å². The third-order valence-electron chi connectivity index (χ3n) is 3.01. The highest BCUT2D eigenvalue weighted by Crippen LogP contribution is 2.09. The summed E-state index contributed by atoms with van der Waals surface area (Å²) in [6.07, 6.45) is 7.35. The van der Waals surface area contributed by atoms with Gasteiger partial charge in [-0.25, -0.2) is 0 Å². The van der Waals surface area contributed by atoms with Gasteiger partial charge in [0.2, 0.25) is 0 Å². The zero-order chi connectivity index (χ0) is 14.8. The van der Waals surface area contributed by atoms with Crippen molar-refractivity contribution in [1.29, 1.82) is 0 Å². The van der Waals surface area contributed by atoms with E-state index in [1.165, 1.54) is 12.8 Å². The summed E-state index contributed by atoms with van der Waals surface area (Å²) < 4.78 is 5.12. The van der Waals surface area contributed by atoms with E-state index >= 15 is 0 Å². The van der Waals surface area contributed by atoms with Crippen molar-refractivity contribution in [3.63, 3.8) is 0 Å². The molecule has 0 saturated heterocycles. The Bertz CT molecular complexity index is 446. The second kappa shape index (κ2) is 9.07. The van der Waals surface area contributed by atoms with Crippen LogP contribution in [0.4, 0.5) is 0 Å². The smallest absolute Gasteiger partial charge is 0.306 e. The SMILES string of the molecule is CCCCCCCC(=O)OCc1ncccc1C(N)=O. The average Bonchev–Trinajstić information content (AvgIpc) is 2.45. The van der Waals surface area contributed by atoms with Crippen LogP contribution >= 0.6 is 0 Å². The average molecular weight is 278 g/mol. The van der Waals surface area contributed by atoms with Crippen molar-refractivity contribution in [2.24, 2.45) is 5.73 Å². The third kappa shape index (κ3) is 5.82. The van der Waals surface area contributed by atoms with Crippen LogP contribution in [0.1, 0.15) is 61.5 Å². The van der Waals surface area contributed by atoms with Crippen molar-refractivity contribution in [3.8, 4) is 0 Å². The molecule has 0 fully saturated rings. The summed E-state index contributed by atoms with van der Waals surface area (Å²) in [6, 6.07) is 3.20. The molecule has 1 heterocycles. The van der Waals surface area contributed by atoms with Gasteiger partial charge in [-0.3, -0.25) is 14.6 Å². The van der Waals surface area contributed by atoms with E-state index in [0.717, 1.165) is 19.3 Å². The molecule has 110 valence electrons. The minimum Gasteiger partial charge on any atom is -0.459 e. The van der Waals surface area contributed by atoms with Gasteiger partial charge in [0.25, 0.3) is 5.91 Å². The van der Waals surface area contributed by atoms with Crippen LogP contribution in [0.15, 0.2) is 18.3 Å². The number of unbranched alkanes of at least 4 members (excludes halogenated alkanes) is 4. The molecule has 5 heteroatoms. The predicted octanol–water partition coefficient (Wildman–Crippen LogP) is 2.58. The summed E-state index contributed by atoms with van der Waals surface area (Å²) in [5.74, 6) is -0.828. The molecule has 0 bridgehead atoms. The lowest BCUT2D eigenvalue weighted by Gasteiger charge is -2.07. The third-order valence-corrected chi connectivity index (χ3v) is 3.01. The van der Waals surface area contributed by atoms with Gasteiger partial charge in [0.15, 0.2) is 0 Å². The van der Waals surface area contributed by atoms with Crippen molar-refractivity contribution in [2.45, 2.75) is 52.1 Å². The first-order valence-corrected chi connectivity index (χ1v) is 7.04. The van der Waals surface area contributed by atoms with Gasteiger partial charge < -0.3 is 10.5 Å². The largest absolute Gasteiger partial charge is 0.459 e. The van der Waals surface area contributed by atoms with Crippen LogP contribution in [0.5, 0.6) is 0 Å². The lowest BCUT2D eigenvalue weighted by atomic mass is 10.1. The fourth-order valence-corrected chi connectivity index (χ4v) is 1.87. The van der Waals surface area contributed by atoms with E-state index < -0.39 is 5.91 Å². The lowest BCUT2D eigenvalue weighted by molar-refractivity contribution is -0.145. The number of pyridine rings is 1. The van der Waals surface area contributed by atoms with Crippen LogP contribution in [0.25, 0.3) is 0 Å². The van der Waals surface area contributed by atoms with Gasteiger partial charge in [-0.2, -0.15) is 0 Å². The number of carbonyl (C=O) groups excluding carboxylic acids is 2. The highest BCUT2D eigenvalue weighted by molar-refractivity contribution is 5.93. The highest BCUT2D eigenvalue weighted by Gasteiger charge is 2.11. The van der Waals surface area contributed by atoms with Crippen LogP contribution in [-0.4, -0.2) is 16.9 Å². The summed E-state index contributed by atoms with van der Waals surface area (Å²) in [5.41, 5.74) is 5.93. The number of amides is 1. The number of ether oxygens (including phenoxy) is 1. The molecule has 0 saturated carbocycles. The van der Waals surface area contributed by atoms with Crippen LogP contribution < -0.4 is 5.73 Å². The molecule has 0 atom stereocenters. The molecule has 0 unspecified atom stereocenters. The molecule has 1 aromatic heterocycles. The molecule has 0 aliphatic heterocycles. The van der Waals surface area contributed by atoms with Gasteiger partial charge in [0.05, 0.1) is 11.3 Å². The molecule has 5 nitrogen and oxygen atoms in total. The maximum absolute atomic E-state index is 11.6. The highest BCUT2D eigenvalue weighted by atomic mass is 16.5. The van der Waals surface area contributed by atoms with E-state index in [1.54, 1.807) is 18.3 Å². The molecule has 0 spiro atoms. The van der Waals surface area contributed by atoms with E-state index in [2.05, 4.69) is 11.9 Å². The van der Waals surface area contributed by atoms with Crippen LogP contribution in [-0.2, 0) is 16.1 Å². The van der Waals surface area contributed by atoms with Crippen LogP contribution in [0.3, 0.4) is 0 Å². The second-order valence-corrected chi connectivity index (χ2v) is 4.69. The Hall–Kier alpha value is -1.91. The fourth-order valence-electron chi connectivity index (χ4n) is 1.87. The maximum Gasteiger partial charge on any atom is 0.306 e. The molecule has 0 radical (unpaired) electrons. The van der Waals surface area contributed by atoms with Crippen molar-refractivity contribution in [3.05, 3.63) is 29.6 Å². The number of carbonyl (C=O) groups is 2. The minimum absolute atomic E-state index is 0.00704. The minimum atomic E-state index is -0.566. The standard InChI is InChI=1S/C15H22N2O3/c1-2-3-4-5-6-9-14(18)20-11-13-12(15(16)19)8-7-10-17-13/h7-8,10H,2-6,9,11H2,1H3,(H2,16,19). The van der Waals surface area contributed by atoms with E-state index in [4.69, 9.17) is 10.5 Å². The maximum atomic E-state index is 11.6. The number of hydrogen-bond donors (Lipinski definition) is 1. The molecule has 1 rings (SSSR count). The first kappa shape index (κ1) is 16.1. The molecule has 2 N–H and O–H groups in total. The molecular weight excluding hydrogens is 256 g/mol. The number of hydrogen-bond acceptors (Lipinski definition) is 4. The fraction of sp³-hybridized carbons (Fsp3) is 0.533. The zero-order valence-corrected chi connectivity index (χ0v) is 11.9. The lowest BCUT2D eigenvalue weighted by Crippen LogP contribution is -2.16. The molecule has 0 aliphatic carbocycles. The second-order valence-electron chi connectivity index (χ2n) is 4.69. The first-order chi connectivity index (χ1) is 9.65. The summed E-state index contributed by atoms with van der Waals surface area (Å²) in [4.78, 5) is 26.8. The van der Waals surface area contributed by atoms with Crippen LogP contribution in [0, 0.1) is 0 Å². The van der Waals surface area contributed by atoms with Gasteiger partial charge in [0.1, 0.15) is 6.61 Å². The molecule has 0 aromatic carbocycles. The van der Waals surface area contributed by atoms with Crippen molar-refractivity contribution >= 4 is 11.9 Å². The Kier molecular flexibility index (Phi) is 7.32. The molecular formula is C15H22N2O3.